The molecule has 1 aromatic carbocycles. The van der Waals surface area contributed by atoms with Crippen molar-refractivity contribution in [2.75, 3.05) is 25.0 Å². The number of anilines is 1. The van der Waals surface area contributed by atoms with E-state index in [2.05, 4.69) is 47.4 Å². The molecule has 1 aliphatic heterocycles. The first-order valence-corrected chi connectivity index (χ1v) is 8.74. The van der Waals surface area contributed by atoms with Crippen LogP contribution in [0.3, 0.4) is 0 Å². The Morgan fingerprint density at radius 3 is 2.91 bits per heavy atom. The first-order valence-electron chi connectivity index (χ1n) is 8.74. The lowest BCUT2D eigenvalue weighted by Gasteiger charge is -2.33. The number of rotatable bonds is 6. The Bertz CT molecular complexity index is 606. The predicted octanol–water partition coefficient (Wildman–Crippen LogP) is 3.47. The molecule has 4 heteroatoms. The molecule has 1 aromatic heterocycles. The molecular weight excluding hydrogens is 284 g/mol. The summed E-state index contributed by atoms with van der Waals surface area (Å²) in [4.78, 5) is 2.59. The Morgan fingerprint density at radius 2 is 2.13 bits per heavy atom. The van der Waals surface area contributed by atoms with E-state index in [1.165, 1.54) is 36.2 Å². The fraction of sp³-hybridized carbons (Fsp3) is 0.526. The fourth-order valence-electron chi connectivity index (χ4n) is 3.33. The number of nitrogens with one attached hydrogen (secondary N) is 1. The van der Waals surface area contributed by atoms with Crippen LogP contribution in [0.25, 0.3) is 0 Å². The van der Waals surface area contributed by atoms with Crippen molar-refractivity contribution in [1.82, 2.24) is 14.7 Å². The monoisotopic (exact) mass is 312 g/mol. The van der Waals surface area contributed by atoms with Crippen molar-refractivity contribution >= 4 is 5.69 Å². The Labute approximate surface area is 139 Å². The molecule has 0 amide bonds. The number of piperidine rings is 1. The molecular formula is C19H28N4. The van der Waals surface area contributed by atoms with Crippen LogP contribution in [0.4, 0.5) is 5.69 Å². The van der Waals surface area contributed by atoms with Gasteiger partial charge in [-0.05, 0) is 75.5 Å². The molecule has 0 unspecified atom stereocenters. The first kappa shape index (κ1) is 16.1. The van der Waals surface area contributed by atoms with Gasteiger partial charge in [0.1, 0.15) is 0 Å². The molecule has 0 radical (unpaired) electrons. The smallest absolute Gasteiger partial charge is 0.0489 e. The summed E-state index contributed by atoms with van der Waals surface area (Å²) in [6, 6.07) is 9.24. The second kappa shape index (κ2) is 7.64. The van der Waals surface area contributed by atoms with E-state index in [0.29, 0.717) is 6.04 Å². The highest BCUT2D eigenvalue weighted by molar-refractivity contribution is 5.48. The Balaban J connectivity index is 1.46. The summed E-state index contributed by atoms with van der Waals surface area (Å²) in [5.74, 6) is 0. The second-order valence-corrected chi connectivity index (χ2v) is 6.71. The molecule has 3 rings (SSSR count). The van der Waals surface area contributed by atoms with E-state index in [-0.39, 0.29) is 0 Å². The Morgan fingerprint density at radius 1 is 1.22 bits per heavy atom. The predicted molar refractivity (Wildman–Crippen MR) is 95.8 cm³/mol. The lowest BCUT2D eigenvalue weighted by atomic mass is 10.0. The molecule has 1 N–H and O–H groups in total. The highest BCUT2D eigenvalue weighted by atomic mass is 15.3. The van der Waals surface area contributed by atoms with Gasteiger partial charge in [-0.15, -0.1) is 0 Å². The van der Waals surface area contributed by atoms with Gasteiger partial charge in [0.25, 0.3) is 0 Å². The highest BCUT2D eigenvalue weighted by Gasteiger charge is 2.19. The quantitative estimate of drug-likeness (QED) is 0.886. The molecule has 0 aliphatic carbocycles. The van der Waals surface area contributed by atoms with Crippen molar-refractivity contribution in [3.05, 3.63) is 47.8 Å². The number of likely N-dealkylation sites (tertiary alicyclic amines) is 1. The summed E-state index contributed by atoms with van der Waals surface area (Å²) in [5.41, 5.74) is 3.98. The van der Waals surface area contributed by atoms with E-state index in [1.54, 1.807) is 0 Å². The lowest BCUT2D eigenvalue weighted by molar-refractivity contribution is 0.210. The van der Waals surface area contributed by atoms with Crippen LogP contribution >= 0.6 is 0 Å². The molecule has 4 nitrogen and oxygen atoms in total. The topological polar surface area (TPSA) is 33.1 Å². The maximum Gasteiger partial charge on any atom is 0.0489 e. The van der Waals surface area contributed by atoms with Crippen molar-refractivity contribution in [3.8, 4) is 0 Å². The van der Waals surface area contributed by atoms with Gasteiger partial charge < -0.3 is 10.2 Å². The Kier molecular flexibility index (Phi) is 5.34. The van der Waals surface area contributed by atoms with Crippen molar-refractivity contribution in [2.24, 2.45) is 0 Å². The van der Waals surface area contributed by atoms with Crippen molar-refractivity contribution in [3.63, 3.8) is 0 Å². The van der Waals surface area contributed by atoms with Gasteiger partial charge in [0.2, 0.25) is 0 Å². The maximum absolute atomic E-state index is 4.27. The molecule has 1 saturated heterocycles. The summed E-state index contributed by atoms with van der Waals surface area (Å²) in [6.07, 6.45) is 7.61. The van der Waals surface area contributed by atoms with Crippen molar-refractivity contribution < 1.29 is 0 Å². The first-order chi connectivity index (χ1) is 11.2. The zero-order chi connectivity index (χ0) is 16.1. The summed E-state index contributed by atoms with van der Waals surface area (Å²) < 4.78 is 2.02. The van der Waals surface area contributed by atoms with Gasteiger partial charge in [-0.25, -0.2) is 0 Å². The number of hydrogen-bond donors (Lipinski definition) is 1. The molecule has 0 bridgehead atoms. The molecule has 1 fully saturated rings. The van der Waals surface area contributed by atoms with Gasteiger partial charge in [0.05, 0.1) is 0 Å². The van der Waals surface area contributed by atoms with Gasteiger partial charge in [0, 0.05) is 37.2 Å². The highest BCUT2D eigenvalue weighted by Crippen LogP contribution is 2.19. The molecule has 0 spiro atoms. The third-order valence-electron chi connectivity index (χ3n) is 4.80. The standard InChI is InChI=1S/C19H28N4/c1-16-7-8-18(14-17(16)2)21-19-6-3-10-22(15-19)11-5-13-23-12-4-9-20-23/h4,7-9,12,14,19,21H,3,5-6,10-11,13,15H2,1-2H3/t19-/m1/s1. The summed E-state index contributed by atoms with van der Waals surface area (Å²) in [5, 5.41) is 7.99. The molecule has 124 valence electrons. The molecule has 2 heterocycles. The van der Waals surface area contributed by atoms with Crippen LogP contribution in [-0.2, 0) is 6.54 Å². The number of benzene rings is 1. The number of hydrogen-bond acceptors (Lipinski definition) is 3. The number of nitrogens with zero attached hydrogens (tertiary/aromatic N) is 3. The number of aryl methyl sites for hydroxylation is 3. The normalized spacial score (nSPS) is 19.0. The van der Waals surface area contributed by atoms with Gasteiger partial charge in [0.15, 0.2) is 0 Å². The van der Waals surface area contributed by atoms with Crippen LogP contribution in [0.15, 0.2) is 36.7 Å². The second-order valence-electron chi connectivity index (χ2n) is 6.71. The average Bonchev–Trinajstić information content (AvgIpc) is 3.05. The fourth-order valence-corrected chi connectivity index (χ4v) is 3.33. The Hall–Kier alpha value is -1.81. The molecule has 2 aromatic rings. The summed E-state index contributed by atoms with van der Waals surface area (Å²) in [6.45, 7) is 8.89. The third kappa shape index (κ3) is 4.58. The van der Waals surface area contributed by atoms with Crippen molar-refractivity contribution in [2.45, 2.75) is 45.7 Å². The van der Waals surface area contributed by atoms with Crippen LogP contribution in [0.1, 0.15) is 30.4 Å². The van der Waals surface area contributed by atoms with Crippen molar-refractivity contribution in [1.29, 1.82) is 0 Å². The van der Waals surface area contributed by atoms with E-state index >= 15 is 0 Å². The van der Waals surface area contributed by atoms with E-state index < -0.39 is 0 Å². The maximum atomic E-state index is 4.27. The van der Waals surface area contributed by atoms with Gasteiger partial charge in [-0.1, -0.05) is 6.07 Å². The zero-order valence-electron chi connectivity index (χ0n) is 14.3. The van der Waals surface area contributed by atoms with Gasteiger partial charge >= 0.3 is 0 Å². The van der Waals surface area contributed by atoms with E-state index in [1.807, 2.05) is 23.1 Å². The molecule has 1 aliphatic rings. The molecule has 1 atom stereocenters. The third-order valence-corrected chi connectivity index (χ3v) is 4.80. The molecule has 23 heavy (non-hydrogen) atoms. The zero-order valence-corrected chi connectivity index (χ0v) is 14.3. The minimum absolute atomic E-state index is 0.565. The average molecular weight is 312 g/mol. The number of aromatic nitrogens is 2. The van der Waals surface area contributed by atoms with Crippen LogP contribution in [-0.4, -0.2) is 40.4 Å². The SMILES string of the molecule is Cc1ccc(N[C@@H]2CCCN(CCCn3cccn3)C2)cc1C. The minimum Gasteiger partial charge on any atom is -0.381 e. The molecule has 0 saturated carbocycles. The summed E-state index contributed by atoms with van der Waals surface area (Å²) in [7, 11) is 0. The van der Waals surface area contributed by atoms with Gasteiger partial charge in [-0.2, -0.15) is 5.10 Å². The summed E-state index contributed by atoms with van der Waals surface area (Å²) >= 11 is 0. The largest absolute Gasteiger partial charge is 0.381 e. The van der Waals surface area contributed by atoms with E-state index in [9.17, 15) is 0 Å². The van der Waals surface area contributed by atoms with E-state index in [0.717, 1.165) is 26.1 Å². The van der Waals surface area contributed by atoms with E-state index in [4.69, 9.17) is 0 Å². The van der Waals surface area contributed by atoms with Crippen LogP contribution in [0.5, 0.6) is 0 Å². The van der Waals surface area contributed by atoms with Crippen LogP contribution in [0.2, 0.25) is 0 Å². The minimum atomic E-state index is 0.565. The van der Waals surface area contributed by atoms with Crippen LogP contribution < -0.4 is 5.32 Å². The van der Waals surface area contributed by atoms with Gasteiger partial charge in [-0.3, -0.25) is 4.68 Å². The van der Waals surface area contributed by atoms with Crippen LogP contribution in [0, 0.1) is 13.8 Å². The lowest BCUT2D eigenvalue weighted by Crippen LogP contribution is -2.42.